The van der Waals surface area contributed by atoms with Crippen molar-refractivity contribution in [3.8, 4) is 17.0 Å². The van der Waals surface area contributed by atoms with Crippen LogP contribution in [0.3, 0.4) is 0 Å². The van der Waals surface area contributed by atoms with E-state index in [4.69, 9.17) is 16.6 Å². The standard InChI is InChI=1S/C35H30ClN4O6P/c1-21-18-23-6-4-5-7-28(23)33(38-21)34(41)29-13-8-24(36)19-31(29)32-20-30(22(2)39(32)3)35(42)40(26-14-16-37-17-15-26)25-9-11-27(12-10-25)46-47(43,44)45/h4-17,19-21H,18H2,1-3H3,(H2,43,44,45)/t21-/m1/s1. The number of nitrogens with zero attached hydrogens (tertiary/aromatic N) is 4. The van der Waals surface area contributed by atoms with Gasteiger partial charge in [-0.3, -0.25) is 34.3 Å². The zero-order valence-corrected chi connectivity index (χ0v) is 27.3. The second-order valence-corrected chi connectivity index (χ2v) is 12.8. The van der Waals surface area contributed by atoms with Crippen molar-refractivity contribution in [1.29, 1.82) is 0 Å². The number of halogens is 1. The van der Waals surface area contributed by atoms with Gasteiger partial charge in [0, 0.05) is 58.2 Å². The van der Waals surface area contributed by atoms with E-state index in [0.29, 0.717) is 50.2 Å². The molecule has 0 aliphatic carbocycles. The van der Waals surface area contributed by atoms with Gasteiger partial charge in [-0.15, -0.1) is 0 Å². The molecule has 1 aliphatic heterocycles. The minimum absolute atomic E-state index is 0.0554. The predicted molar refractivity (Wildman–Crippen MR) is 181 cm³/mol. The van der Waals surface area contributed by atoms with E-state index < -0.39 is 7.82 Å². The number of benzene rings is 3. The van der Waals surface area contributed by atoms with Crippen LogP contribution < -0.4 is 9.42 Å². The highest BCUT2D eigenvalue weighted by Crippen LogP contribution is 2.39. The van der Waals surface area contributed by atoms with Crippen LogP contribution in [0.1, 0.15) is 44.5 Å². The van der Waals surface area contributed by atoms with E-state index in [2.05, 4.69) is 9.51 Å². The van der Waals surface area contributed by atoms with Gasteiger partial charge in [0.05, 0.1) is 17.3 Å². The highest BCUT2D eigenvalue weighted by molar-refractivity contribution is 7.46. The summed E-state index contributed by atoms with van der Waals surface area (Å²) in [5, 5.41) is 0.429. The zero-order chi connectivity index (χ0) is 33.5. The van der Waals surface area contributed by atoms with Gasteiger partial charge in [-0.05, 0) is 86.5 Å². The Labute approximate surface area is 276 Å². The first kappa shape index (κ1) is 32.1. The Kier molecular flexibility index (Phi) is 8.70. The molecule has 0 fully saturated rings. The summed E-state index contributed by atoms with van der Waals surface area (Å²) in [6.45, 7) is 3.80. The quantitative estimate of drug-likeness (QED) is 0.133. The number of anilines is 2. The third-order valence-electron chi connectivity index (χ3n) is 8.06. The highest BCUT2D eigenvalue weighted by Gasteiger charge is 2.29. The number of carbonyl (C=O) groups is 2. The smallest absolute Gasteiger partial charge is 0.404 e. The fourth-order valence-corrected chi connectivity index (χ4v) is 6.35. The number of carbonyl (C=O) groups excluding carboxylic acids is 2. The summed E-state index contributed by atoms with van der Waals surface area (Å²) in [5.41, 5.74) is 5.76. The number of phosphoric ester groups is 1. The highest BCUT2D eigenvalue weighted by atomic mass is 35.5. The van der Waals surface area contributed by atoms with Crippen molar-refractivity contribution in [3.05, 3.63) is 130 Å². The maximum absolute atomic E-state index is 14.4. The largest absolute Gasteiger partial charge is 0.524 e. The van der Waals surface area contributed by atoms with Gasteiger partial charge >= 0.3 is 7.82 Å². The number of pyridine rings is 1. The molecule has 2 aromatic heterocycles. The number of hydrogen-bond acceptors (Lipinski definition) is 6. The fourth-order valence-electron chi connectivity index (χ4n) is 5.78. The van der Waals surface area contributed by atoms with Crippen molar-refractivity contribution in [2.45, 2.75) is 26.3 Å². The average Bonchev–Trinajstić information content (AvgIpc) is 3.34. The molecule has 0 spiro atoms. The molecule has 1 aliphatic rings. The summed E-state index contributed by atoms with van der Waals surface area (Å²) in [5.74, 6) is -0.674. The molecule has 47 heavy (non-hydrogen) atoms. The van der Waals surface area contributed by atoms with E-state index in [1.54, 1.807) is 48.8 Å². The lowest BCUT2D eigenvalue weighted by Crippen LogP contribution is -2.26. The molecule has 1 amide bonds. The van der Waals surface area contributed by atoms with Gasteiger partial charge in [-0.2, -0.15) is 0 Å². The van der Waals surface area contributed by atoms with Gasteiger partial charge in [-0.25, -0.2) is 4.57 Å². The van der Waals surface area contributed by atoms with Crippen LogP contribution in [-0.2, 0) is 18.0 Å². The number of amides is 1. The molecule has 238 valence electrons. The van der Waals surface area contributed by atoms with E-state index in [1.165, 1.54) is 29.2 Å². The Balaban J connectivity index is 1.43. The van der Waals surface area contributed by atoms with Crippen LogP contribution in [0.5, 0.6) is 5.75 Å². The third-order valence-corrected chi connectivity index (χ3v) is 8.75. The van der Waals surface area contributed by atoms with Crippen molar-refractivity contribution < 1.29 is 28.5 Å². The van der Waals surface area contributed by atoms with Gasteiger partial charge in [0.25, 0.3) is 5.91 Å². The summed E-state index contributed by atoms with van der Waals surface area (Å²) in [6.07, 6.45) is 3.86. The summed E-state index contributed by atoms with van der Waals surface area (Å²) in [4.78, 5) is 57.3. The molecule has 5 aromatic rings. The van der Waals surface area contributed by atoms with Gasteiger partial charge < -0.3 is 9.09 Å². The third kappa shape index (κ3) is 6.54. The molecule has 10 nitrogen and oxygen atoms in total. The number of ketones is 1. The summed E-state index contributed by atoms with van der Waals surface area (Å²) in [6, 6.07) is 23.7. The minimum atomic E-state index is -4.77. The Hall–Kier alpha value is -4.86. The Morgan fingerprint density at radius 2 is 1.62 bits per heavy atom. The predicted octanol–water partition coefficient (Wildman–Crippen LogP) is 7.12. The molecular weight excluding hydrogens is 639 g/mol. The van der Waals surface area contributed by atoms with E-state index in [9.17, 15) is 23.9 Å². The van der Waals surface area contributed by atoms with Crippen LogP contribution in [0, 0.1) is 6.92 Å². The number of Topliss-reactive ketones (excluding diaryl/α,β-unsaturated/α-hetero) is 1. The molecular formula is C35H30ClN4O6P. The summed E-state index contributed by atoms with van der Waals surface area (Å²) >= 11 is 6.50. The van der Waals surface area contributed by atoms with Crippen LogP contribution in [-0.4, -0.2) is 42.8 Å². The molecule has 0 bridgehead atoms. The maximum atomic E-state index is 14.4. The first-order valence-electron chi connectivity index (χ1n) is 14.7. The van der Waals surface area contributed by atoms with E-state index in [-0.39, 0.29) is 23.5 Å². The van der Waals surface area contributed by atoms with E-state index in [0.717, 1.165) is 17.5 Å². The number of rotatable bonds is 8. The van der Waals surface area contributed by atoms with Gasteiger partial charge in [0.15, 0.2) is 0 Å². The van der Waals surface area contributed by atoms with Crippen molar-refractivity contribution in [3.63, 3.8) is 0 Å². The Morgan fingerprint density at radius 1 is 0.936 bits per heavy atom. The number of phosphoric acid groups is 1. The summed E-state index contributed by atoms with van der Waals surface area (Å²) in [7, 11) is -2.95. The fraction of sp³-hybridized carbons (Fsp3) is 0.143. The topological polar surface area (TPSA) is 134 Å². The van der Waals surface area contributed by atoms with Crippen LogP contribution in [0.2, 0.25) is 5.02 Å². The molecule has 6 rings (SSSR count). The second kappa shape index (κ2) is 12.7. The molecule has 0 unspecified atom stereocenters. The van der Waals surface area contributed by atoms with Crippen molar-refractivity contribution in [1.82, 2.24) is 9.55 Å². The number of fused-ring (bicyclic) bond motifs is 1. The maximum Gasteiger partial charge on any atom is 0.524 e. The van der Waals surface area contributed by atoms with E-state index in [1.807, 2.05) is 49.7 Å². The minimum Gasteiger partial charge on any atom is -0.404 e. The van der Waals surface area contributed by atoms with Crippen LogP contribution in [0.4, 0.5) is 11.4 Å². The Bertz CT molecular complexity index is 2090. The number of hydrogen-bond donors (Lipinski definition) is 2. The Morgan fingerprint density at radius 3 is 2.32 bits per heavy atom. The van der Waals surface area contributed by atoms with Gasteiger partial charge in [0.1, 0.15) is 11.5 Å². The van der Waals surface area contributed by atoms with Gasteiger partial charge in [-0.1, -0.05) is 35.9 Å². The molecule has 0 saturated carbocycles. The molecule has 0 saturated heterocycles. The summed E-state index contributed by atoms with van der Waals surface area (Å²) < 4.78 is 17.9. The molecule has 1 atom stereocenters. The average molecular weight is 669 g/mol. The molecule has 0 radical (unpaired) electrons. The van der Waals surface area contributed by atoms with Gasteiger partial charge in [0.2, 0.25) is 5.78 Å². The van der Waals surface area contributed by atoms with Crippen LogP contribution >= 0.6 is 19.4 Å². The SMILES string of the molecule is Cc1c(C(=O)N(c2ccncc2)c2ccc(OP(=O)(O)O)cc2)cc(-c2cc(Cl)ccc2C(=O)C2=N[C@H](C)Cc3ccccc32)n1C. The normalized spacial score (nSPS) is 14.3. The van der Waals surface area contributed by atoms with Crippen LogP contribution in [0.15, 0.2) is 102 Å². The lowest BCUT2D eigenvalue weighted by Gasteiger charge is -2.23. The van der Waals surface area contributed by atoms with Crippen LogP contribution in [0.25, 0.3) is 11.3 Å². The molecule has 3 heterocycles. The van der Waals surface area contributed by atoms with Crippen molar-refractivity contribution >= 4 is 48.2 Å². The molecule has 3 aromatic carbocycles. The first-order valence-corrected chi connectivity index (χ1v) is 16.6. The zero-order valence-electron chi connectivity index (χ0n) is 25.7. The van der Waals surface area contributed by atoms with Crippen molar-refractivity contribution in [2.24, 2.45) is 12.0 Å². The first-order chi connectivity index (χ1) is 22.4. The van der Waals surface area contributed by atoms with Crippen molar-refractivity contribution in [2.75, 3.05) is 4.90 Å². The lowest BCUT2D eigenvalue weighted by atomic mass is 9.89. The lowest BCUT2D eigenvalue weighted by molar-refractivity contribution is 0.0997. The van der Waals surface area contributed by atoms with E-state index >= 15 is 0 Å². The second-order valence-electron chi connectivity index (χ2n) is 11.2. The number of aromatic nitrogens is 2. The monoisotopic (exact) mass is 668 g/mol. The molecule has 12 heteroatoms. The number of aliphatic imine (C=N–C) groups is 1. The molecule has 2 N–H and O–H groups in total.